The molecule has 0 radical (unpaired) electrons. The van der Waals surface area contributed by atoms with Gasteiger partial charge in [0.2, 0.25) is 0 Å². The van der Waals surface area contributed by atoms with Crippen LogP contribution in [-0.4, -0.2) is 0 Å². The predicted octanol–water partition coefficient (Wildman–Crippen LogP) is 9.19. The fourth-order valence-corrected chi connectivity index (χ4v) is 10.4. The van der Waals surface area contributed by atoms with Gasteiger partial charge in [0, 0.05) is 19.6 Å². The van der Waals surface area contributed by atoms with E-state index in [9.17, 15) is 0 Å². The monoisotopic (exact) mass is 424 g/mol. The molecule has 0 saturated heterocycles. The van der Waals surface area contributed by atoms with Crippen LogP contribution in [0.15, 0.2) is 28.1 Å². The lowest BCUT2D eigenvalue weighted by molar-refractivity contribution is 0.221. The van der Waals surface area contributed by atoms with Crippen molar-refractivity contribution >= 4 is 47.0 Å². The Labute approximate surface area is 177 Å². The zero-order valence-electron chi connectivity index (χ0n) is 17.0. The Bertz CT molecular complexity index is 637. The molecule has 4 aliphatic rings. The van der Waals surface area contributed by atoms with Crippen molar-refractivity contribution in [3.05, 3.63) is 28.1 Å². The summed E-state index contributed by atoms with van der Waals surface area (Å²) in [6, 6.07) is 0. The van der Waals surface area contributed by atoms with E-state index in [1.165, 1.54) is 38.5 Å². The second-order valence-electron chi connectivity index (χ2n) is 10.3. The molecule has 0 aromatic heterocycles. The van der Waals surface area contributed by atoms with E-state index in [-0.39, 0.29) is 0 Å². The molecule has 0 bridgehead atoms. The zero-order valence-corrected chi connectivity index (χ0v) is 20.3. The van der Waals surface area contributed by atoms with Gasteiger partial charge in [-0.25, -0.2) is 0 Å². The Morgan fingerprint density at radius 2 is 0.923 bits per heavy atom. The SMILES string of the molecule is CC(C)(C)C1CCC2=C(C1)S/C(=C1\SC3=C(CC(C(C)(C)C)CC3)S1)S2. The van der Waals surface area contributed by atoms with E-state index in [1.807, 2.05) is 0 Å². The Hall–Kier alpha value is 0.620. The summed E-state index contributed by atoms with van der Waals surface area (Å²) >= 11 is 8.46. The molecule has 2 unspecified atom stereocenters. The molecule has 2 heterocycles. The minimum Gasteiger partial charge on any atom is -0.0846 e. The molecule has 0 amide bonds. The lowest BCUT2D eigenvalue weighted by atomic mass is 9.74. The normalized spacial score (nSPS) is 33.0. The summed E-state index contributed by atoms with van der Waals surface area (Å²) in [5.74, 6) is 1.70. The van der Waals surface area contributed by atoms with Crippen LogP contribution in [0.2, 0.25) is 0 Å². The summed E-state index contributed by atoms with van der Waals surface area (Å²) in [4.78, 5) is 6.78. The van der Waals surface area contributed by atoms with Crippen molar-refractivity contribution in [2.75, 3.05) is 0 Å². The van der Waals surface area contributed by atoms with Crippen LogP contribution in [0.4, 0.5) is 0 Å². The molecule has 0 aromatic rings. The van der Waals surface area contributed by atoms with Crippen molar-refractivity contribution in [1.29, 1.82) is 0 Å². The summed E-state index contributed by atoms with van der Waals surface area (Å²) < 4.78 is 3.20. The number of thioether (sulfide) groups is 4. The minimum atomic E-state index is 0.444. The second kappa shape index (κ2) is 7.15. The van der Waals surface area contributed by atoms with Gasteiger partial charge in [-0.05, 0) is 61.2 Å². The van der Waals surface area contributed by atoms with Gasteiger partial charge in [0.25, 0.3) is 0 Å². The van der Waals surface area contributed by atoms with E-state index in [4.69, 9.17) is 0 Å². The summed E-state index contributed by atoms with van der Waals surface area (Å²) in [5, 5.41) is 0. The molecular weight excluding hydrogens is 393 g/mol. The maximum atomic E-state index is 2.42. The molecule has 0 spiro atoms. The van der Waals surface area contributed by atoms with E-state index in [0.29, 0.717) is 10.8 Å². The lowest BCUT2D eigenvalue weighted by Crippen LogP contribution is -2.22. The predicted molar refractivity (Wildman–Crippen MR) is 125 cm³/mol. The average Bonchev–Trinajstić information content (AvgIpc) is 3.15. The minimum absolute atomic E-state index is 0.444. The highest BCUT2D eigenvalue weighted by molar-refractivity contribution is 8.34. The van der Waals surface area contributed by atoms with Gasteiger partial charge in [-0.15, -0.1) is 0 Å². The Kier molecular flexibility index (Phi) is 5.47. The molecule has 2 atom stereocenters. The molecule has 0 N–H and O–H groups in total. The maximum absolute atomic E-state index is 2.42. The highest BCUT2D eigenvalue weighted by Crippen LogP contribution is 2.65. The number of hydrogen-bond donors (Lipinski definition) is 0. The van der Waals surface area contributed by atoms with Crippen LogP contribution in [0.5, 0.6) is 0 Å². The number of rotatable bonds is 0. The van der Waals surface area contributed by atoms with Crippen LogP contribution in [0.25, 0.3) is 0 Å². The van der Waals surface area contributed by atoms with Gasteiger partial charge in [-0.3, -0.25) is 0 Å². The zero-order chi connectivity index (χ0) is 18.7. The smallest absolute Gasteiger partial charge is 0.0700 e. The van der Waals surface area contributed by atoms with Gasteiger partial charge >= 0.3 is 0 Å². The molecule has 26 heavy (non-hydrogen) atoms. The van der Waals surface area contributed by atoms with Crippen molar-refractivity contribution in [2.24, 2.45) is 22.7 Å². The largest absolute Gasteiger partial charge is 0.0846 e. The first-order chi connectivity index (χ1) is 12.1. The molecule has 0 aromatic carbocycles. The van der Waals surface area contributed by atoms with Crippen LogP contribution >= 0.6 is 47.0 Å². The summed E-state index contributed by atoms with van der Waals surface area (Å²) in [6.07, 6.45) is 7.98. The Morgan fingerprint density at radius 3 is 1.27 bits per heavy atom. The van der Waals surface area contributed by atoms with E-state index < -0.39 is 0 Å². The third-order valence-electron chi connectivity index (χ3n) is 6.41. The van der Waals surface area contributed by atoms with E-state index in [1.54, 1.807) is 28.1 Å². The molecule has 0 saturated carbocycles. The molecule has 2 aliphatic carbocycles. The molecule has 2 aliphatic heterocycles. The number of allylic oxidation sites excluding steroid dienone is 4. The second-order valence-corrected chi connectivity index (χ2v) is 15.2. The molecular formula is C22H32S4. The Balaban J connectivity index is 1.44. The van der Waals surface area contributed by atoms with Crippen molar-refractivity contribution in [1.82, 2.24) is 0 Å². The van der Waals surface area contributed by atoms with Gasteiger partial charge in [0.1, 0.15) is 0 Å². The maximum Gasteiger partial charge on any atom is 0.0700 e. The van der Waals surface area contributed by atoms with E-state index >= 15 is 0 Å². The molecule has 4 rings (SSSR count). The topological polar surface area (TPSA) is 0 Å². The standard InChI is InChI=1S/C22H32S4/c1-21(2,3)13-7-9-15-17(11-13)25-19(23-15)20-24-16-10-8-14(22(4,5)6)12-18(16)26-20/h13-14H,7-12H2,1-6H3/b20-19+. The third kappa shape index (κ3) is 4.00. The van der Waals surface area contributed by atoms with Crippen LogP contribution in [-0.2, 0) is 0 Å². The van der Waals surface area contributed by atoms with Gasteiger partial charge < -0.3 is 0 Å². The van der Waals surface area contributed by atoms with Crippen LogP contribution in [0.3, 0.4) is 0 Å². The molecule has 0 fully saturated rings. The van der Waals surface area contributed by atoms with Gasteiger partial charge in [-0.2, -0.15) is 0 Å². The van der Waals surface area contributed by atoms with E-state index in [2.05, 4.69) is 88.6 Å². The lowest BCUT2D eigenvalue weighted by Gasteiger charge is -2.34. The van der Waals surface area contributed by atoms with Crippen LogP contribution < -0.4 is 0 Å². The third-order valence-corrected chi connectivity index (χ3v) is 12.5. The van der Waals surface area contributed by atoms with Crippen molar-refractivity contribution < 1.29 is 0 Å². The summed E-state index contributed by atoms with van der Waals surface area (Å²) in [7, 11) is 0. The van der Waals surface area contributed by atoms with Gasteiger partial charge in [0.05, 0.1) is 8.47 Å². The van der Waals surface area contributed by atoms with Crippen LogP contribution in [0, 0.1) is 22.7 Å². The van der Waals surface area contributed by atoms with Gasteiger partial charge in [0.15, 0.2) is 0 Å². The number of hydrogen-bond acceptors (Lipinski definition) is 4. The highest BCUT2D eigenvalue weighted by Gasteiger charge is 2.38. The fourth-order valence-electron chi connectivity index (χ4n) is 4.32. The fraction of sp³-hybridized carbons (Fsp3) is 0.727. The van der Waals surface area contributed by atoms with Gasteiger partial charge in [-0.1, -0.05) is 88.6 Å². The molecule has 144 valence electrons. The first-order valence-corrected chi connectivity index (χ1v) is 13.3. The van der Waals surface area contributed by atoms with E-state index in [0.717, 1.165) is 11.8 Å². The Morgan fingerprint density at radius 1 is 0.577 bits per heavy atom. The van der Waals surface area contributed by atoms with Crippen molar-refractivity contribution in [3.8, 4) is 0 Å². The van der Waals surface area contributed by atoms with Crippen LogP contribution in [0.1, 0.15) is 80.1 Å². The summed E-state index contributed by atoms with van der Waals surface area (Å²) in [5.41, 5.74) is 0.887. The highest BCUT2D eigenvalue weighted by atomic mass is 32.2. The molecule has 4 heteroatoms. The first-order valence-electron chi connectivity index (χ1n) is 10.0. The quantitative estimate of drug-likeness (QED) is 0.380. The van der Waals surface area contributed by atoms with Crippen molar-refractivity contribution in [3.63, 3.8) is 0 Å². The van der Waals surface area contributed by atoms with Crippen molar-refractivity contribution in [2.45, 2.75) is 80.1 Å². The molecule has 0 nitrogen and oxygen atoms in total. The average molecular weight is 425 g/mol. The first kappa shape index (κ1) is 19.9. The summed E-state index contributed by atoms with van der Waals surface area (Å²) in [6.45, 7) is 14.5.